The molecular weight excluding hydrogens is 270 g/mol. The maximum Gasteiger partial charge on any atom is 0.416 e. The van der Waals surface area contributed by atoms with Crippen LogP contribution in [0.25, 0.3) is 0 Å². The summed E-state index contributed by atoms with van der Waals surface area (Å²) in [6, 6.07) is 0. The van der Waals surface area contributed by atoms with Crippen LogP contribution in [-0.4, -0.2) is 47.0 Å². The van der Waals surface area contributed by atoms with E-state index in [4.69, 9.17) is 4.74 Å². The van der Waals surface area contributed by atoms with E-state index in [1.54, 1.807) is 20.8 Å². The molecule has 0 saturated carbocycles. The predicted molar refractivity (Wildman–Crippen MR) is 67.5 cm³/mol. The van der Waals surface area contributed by atoms with E-state index in [1.807, 2.05) is 0 Å². The molecule has 1 rings (SSSR count). The van der Waals surface area contributed by atoms with E-state index in [2.05, 4.69) is 9.73 Å². The molecular formula is C11H15N3O6. The van der Waals surface area contributed by atoms with Crippen LogP contribution in [0.2, 0.25) is 0 Å². The van der Waals surface area contributed by atoms with E-state index in [1.165, 1.54) is 0 Å². The second-order valence-corrected chi connectivity index (χ2v) is 4.86. The van der Waals surface area contributed by atoms with Crippen molar-refractivity contribution in [1.82, 2.24) is 4.90 Å². The zero-order valence-corrected chi connectivity index (χ0v) is 11.6. The van der Waals surface area contributed by atoms with Gasteiger partial charge in [0, 0.05) is 0 Å². The van der Waals surface area contributed by atoms with Crippen LogP contribution in [0.15, 0.2) is 16.9 Å². The van der Waals surface area contributed by atoms with Crippen molar-refractivity contribution in [3.8, 4) is 0 Å². The van der Waals surface area contributed by atoms with E-state index in [0.717, 1.165) is 18.2 Å². The number of carbonyl (C=O) groups excluding carboxylic acids is 2. The van der Waals surface area contributed by atoms with Gasteiger partial charge in [0.05, 0.1) is 18.2 Å². The van der Waals surface area contributed by atoms with Crippen molar-refractivity contribution in [2.45, 2.75) is 26.4 Å². The Balaban J connectivity index is 2.98. The first-order valence-corrected chi connectivity index (χ1v) is 5.64. The highest BCUT2D eigenvalue weighted by molar-refractivity contribution is 6.42. The molecule has 0 aromatic heterocycles. The van der Waals surface area contributed by atoms with E-state index < -0.39 is 34.0 Å². The minimum Gasteiger partial charge on any atom is -0.464 e. The molecule has 0 unspecified atom stereocenters. The highest BCUT2D eigenvalue weighted by Crippen LogP contribution is 2.15. The largest absolute Gasteiger partial charge is 0.464 e. The molecule has 1 amide bonds. The van der Waals surface area contributed by atoms with Crippen LogP contribution >= 0.6 is 0 Å². The van der Waals surface area contributed by atoms with Crippen molar-refractivity contribution in [1.29, 1.82) is 0 Å². The molecule has 9 heteroatoms. The van der Waals surface area contributed by atoms with Crippen molar-refractivity contribution in [3.63, 3.8) is 0 Å². The lowest BCUT2D eigenvalue weighted by Crippen LogP contribution is -2.38. The average molecular weight is 285 g/mol. The average Bonchev–Trinajstić information content (AvgIpc) is 2.35. The second-order valence-electron chi connectivity index (χ2n) is 4.86. The van der Waals surface area contributed by atoms with Gasteiger partial charge in [0.25, 0.3) is 0 Å². The van der Waals surface area contributed by atoms with Crippen LogP contribution in [0, 0.1) is 10.1 Å². The molecule has 1 aliphatic rings. The van der Waals surface area contributed by atoms with E-state index in [0.29, 0.717) is 0 Å². The second kappa shape index (κ2) is 5.68. The molecule has 0 aromatic rings. The molecule has 110 valence electrons. The Bertz CT molecular complexity index is 503. The molecule has 0 aliphatic carbocycles. The fraction of sp³-hybridized carbons (Fsp3) is 0.545. The Labute approximate surface area is 115 Å². The van der Waals surface area contributed by atoms with Crippen LogP contribution in [-0.2, 0) is 14.3 Å². The van der Waals surface area contributed by atoms with E-state index in [9.17, 15) is 19.7 Å². The van der Waals surface area contributed by atoms with Gasteiger partial charge in [-0.15, -0.1) is 0 Å². The first-order chi connectivity index (χ1) is 9.15. The smallest absolute Gasteiger partial charge is 0.416 e. The molecule has 0 fully saturated rings. The summed E-state index contributed by atoms with van der Waals surface area (Å²) in [5.41, 5.74) is -1.79. The Hall–Kier alpha value is -2.45. The number of rotatable bonds is 2. The molecule has 0 radical (unpaired) electrons. The van der Waals surface area contributed by atoms with E-state index in [-0.39, 0.29) is 6.67 Å². The van der Waals surface area contributed by atoms with Gasteiger partial charge < -0.3 is 9.47 Å². The number of ether oxygens (including phenoxy) is 2. The van der Waals surface area contributed by atoms with Crippen molar-refractivity contribution in [2.75, 3.05) is 13.8 Å². The van der Waals surface area contributed by atoms with Gasteiger partial charge in [0.1, 0.15) is 12.3 Å². The number of hydrogen-bond donors (Lipinski definition) is 0. The van der Waals surface area contributed by atoms with Gasteiger partial charge in [-0.25, -0.2) is 14.6 Å². The number of aliphatic imine (C=N–C) groups is 1. The number of esters is 1. The summed E-state index contributed by atoms with van der Waals surface area (Å²) in [6.45, 7) is 4.74. The van der Waals surface area contributed by atoms with Crippen LogP contribution in [0.1, 0.15) is 20.8 Å². The van der Waals surface area contributed by atoms with Crippen LogP contribution in [0.4, 0.5) is 4.79 Å². The summed E-state index contributed by atoms with van der Waals surface area (Å²) in [7, 11) is 1.09. The summed E-state index contributed by atoms with van der Waals surface area (Å²) >= 11 is 0. The molecule has 0 N–H and O–H groups in total. The summed E-state index contributed by atoms with van der Waals surface area (Å²) in [5, 5.41) is 10.9. The highest BCUT2D eigenvalue weighted by Gasteiger charge is 2.34. The molecule has 1 heterocycles. The molecule has 0 bridgehead atoms. The highest BCUT2D eigenvalue weighted by atomic mass is 16.6. The van der Waals surface area contributed by atoms with Crippen LogP contribution in [0.5, 0.6) is 0 Å². The topological polar surface area (TPSA) is 111 Å². The first-order valence-electron chi connectivity index (χ1n) is 5.64. The van der Waals surface area contributed by atoms with Crippen molar-refractivity contribution in [3.05, 3.63) is 22.0 Å². The lowest BCUT2D eigenvalue weighted by Gasteiger charge is -2.25. The lowest BCUT2D eigenvalue weighted by molar-refractivity contribution is -0.416. The first kappa shape index (κ1) is 15.6. The van der Waals surface area contributed by atoms with Gasteiger partial charge >= 0.3 is 17.8 Å². The standard InChI is InChI=1S/C11H15N3O6/c1-11(2,3)20-10(16)13-5-7(14(17)18)8(12-6-13)9(15)19-4/h5H,6H2,1-4H3. The molecule has 0 spiro atoms. The third-order valence-electron chi connectivity index (χ3n) is 2.11. The monoisotopic (exact) mass is 285 g/mol. The Morgan fingerprint density at radius 3 is 2.50 bits per heavy atom. The zero-order chi connectivity index (χ0) is 15.5. The van der Waals surface area contributed by atoms with E-state index >= 15 is 0 Å². The fourth-order valence-electron chi connectivity index (χ4n) is 1.31. The molecule has 1 aliphatic heterocycles. The summed E-state index contributed by atoms with van der Waals surface area (Å²) < 4.78 is 9.46. The van der Waals surface area contributed by atoms with Crippen molar-refractivity contribution >= 4 is 17.8 Å². The maximum atomic E-state index is 11.8. The normalized spacial score (nSPS) is 15.1. The van der Waals surface area contributed by atoms with Gasteiger partial charge in [0.15, 0.2) is 0 Å². The zero-order valence-electron chi connectivity index (χ0n) is 11.6. The number of methoxy groups -OCH3 is 1. The SMILES string of the molecule is COC(=O)C1=NCN(C(=O)OC(C)(C)C)C=C1[N+](=O)[O-]. The molecule has 20 heavy (non-hydrogen) atoms. The maximum absolute atomic E-state index is 11.8. The minimum absolute atomic E-state index is 0.253. The lowest BCUT2D eigenvalue weighted by atomic mass is 10.2. The predicted octanol–water partition coefficient (Wildman–Crippen LogP) is 0.927. The Morgan fingerprint density at radius 2 is 2.05 bits per heavy atom. The van der Waals surface area contributed by atoms with Crippen LogP contribution in [0.3, 0.4) is 0 Å². The Kier molecular flexibility index (Phi) is 4.43. The summed E-state index contributed by atoms with van der Waals surface area (Å²) in [5.74, 6) is -0.934. The number of nitrogens with zero attached hydrogens (tertiary/aromatic N) is 3. The van der Waals surface area contributed by atoms with Crippen molar-refractivity contribution < 1.29 is 24.0 Å². The molecule has 0 aromatic carbocycles. The summed E-state index contributed by atoms with van der Waals surface area (Å²) in [6.07, 6.45) is 0.123. The fourth-order valence-corrected chi connectivity index (χ4v) is 1.31. The van der Waals surface area contributed by atoms with Gasteiger partial charge in [-0.05, 0) is 20.8 Å². The third kappa shape index (κ3) is 3.77. The van der Waals surface area contributed by atoms with Gasteiger partial charge in [-0.2, -0.15) is 0 Å². The van der Waals surface area contributed by atoms with Gasteiger partial charge in [-0.1, -0.05) is 0 Å². The minimum atomic E-state index is -0.934. The van der Waals surface area contributed by atoms with Gasteiger partial charge in [-0.3, -0.25) is 15.0 Å². The number of carbonyl (C=O) groups is 2. The third-order valence-corrected chi connectivity index (χ3v) is 2.11. The number of amides is 1. The number of hydrogen-bond acceptors (Lipinski definition) is 7. The molecule has 9 nitrogen and oxygen atoms in total. The molecule has 0 saturated heterocycles. The van der Waals surface area contributed by atoms with Gasteiger partial charge in [0.2, 0.25) is 5.71 Å². The quantitative estimate of drug-likeness (QED) is 0.424. The van der Waals surface area contributed by atoms with Crippen molar-refractivity contribution in [2.24, 2.45) is 4.99 Å². The summed E-state index contributed by atoms with van der Waals surface area (Å²) in [4.78, 5) is 37.8. The number of nitro groups is 1. The Morgan fingerprint density at radius 1 is 1.45 bits per heavy atom. The molecule has 0 atom stereocenters. The van der Waals surface area contributed by atoms with Crippen LogP contribution < -0.4 is 0 Å².